The molecule has 4 aromatic carbocycles. The maximum atomic E-state index is 12.4. The van der Waals surface area contributed by atoms with Crippen LogP contribution in [0.5, 0.6) is 0 Å². The number of ether oxygens (including phenoxy) is 5. The second-order valence-corrected chi connectivity index (χ2v) is 13.3. The molecule has 7 atom stereocenters. The lowest BCUT2D eigenvalue weighted by Crippen LogP contribution is -2.67. The van der Waals surface area contributed by atoms with Crippen LogP contribution in [-0.2, 0) is 43.5 Å². The molecule has 1 heterocycles. The number of hydrogen-bond donors (Lipinski definition) is 3. The summed E-state index contributed by atoms with van der Waals surface area (Å²) >= 11 is 0. The maximum absolute atomic E-state index is 12.4. The number of aliphatic hydroxyl groups excluding tert-OH is 1. The number of para-hydroxylation sites is 1. The Morgan fingerprint density at radius 2 is 1.08 bits per heavy atom. The molecule has 0 radical (unpaired) electrons. The molecule has 0 saturated heterocycles. The third kappa shape index (κ3) is 9.93. The molecule has 8 heteroatoms. The maximum Gasteiger partial charge on any atom is 0.116 e. The van der Waals surface area contributed by atoms with E-state index in [-0.39, 0.29) is 6.10 Å². The number of H-pyrrole nitrogens is 1. The van der Waals surface area contributed by atoms with Gasteiger partial charge in [0.05, 0.1) is 25.9 Å². The molecule has 0 bridgehead atoms. The lowest BCUT2D eigenvalue weighted by molar-refractivity contribution is -0.285. The minimum absolute atomic E-state index is 0.308. The molecule has 8 nitrogen and oxygen atoms in total. The number of hydrogen-bond acceptors (Lipinski definition) is 7. The van der Waals surface area contributed by atoms with Crippen LogP contribution in [0, 0.1) is 0 Å². The van der Waals surface area contributed by atoms with Gasteiger partial charge in [-0.05, 0) is 49.1 Å². The lowest BCUT2D eigenvalue weighted by Gasteiger charge is -2.49. The van der Waals surface area contributed by atoms with Crippen LogP contribution < -0.4 is 5.73 Å². The summed E-state index contributed by atoms with van der Waals surface area (Å²) in [7, 11) is 0. The smallest absolute Gasteiger partial charge is 0.116 e. The summed E-state index contributed by atoms with van der Waals surface area (Å²) < 4.78 is 33.9. The predicted octanol–water partition coefficient (Wildman–Crippen LogP) is 7.65. The second kappa shape index (κ2) is 19.1. The minimum atomic E-state index is -1.07. The van der Waals surface area contributed by atoms with Crippen molar-refractivity contribution in [3.8, 4) is 0 Å². The molecule has 51 heavy (non-hydrogen) atoms. The van der Waals surface area contributed by atoms with Gasteiger partial charge < -0.3 is 39.5 Å². The van der Waals surface area contributed by atoms with Crippen LogP contribution in [-0.4, -0.2) is 59.9 Å². The summed E-state index contributed by atoms with van der Waals surface area (Å²) in [5.74, 6) is 0. The van der Waals surface area contributed by atoms with E-state index in [1.807, 2.05) is 122 Å². The molecule has 0 aliphatic heterocycles. The molecule has 1 aliphatic carbocycles. The number of rotatable bonds is 19. The third-order valence-electron chi connectivity index (χ3n) is 9.65. The summed E-state index contributed by atoms with van der Waals surface area (Å²) in [5.41, 5.74) is 10.8. The molecular weight excluding hydrogens is 640 g/mol. The lowest BCUT2D eigenvalue weighted by atomic mass is 9.83. The van der Waals surface area contributed by atoms with Crippen molar-refractivity contribution in [2.75, 3.05) is 13.2 Å². The van der Waals surface area contributed by atoms with Crippen LogP contribution >= 0.6 is 0 Å². The number of nitrogens with two attached hydrogens (primary N) is 1. The molecule has 270 valence electrons. The molecule has 6 rings (SSSR count). The molecule has 1 saturated carbocycles. The quantitative estimate of drug-likeness (QED) is 0.0764. The van der Waals surface area contributed by atoms with E-state index in [2.05, 4.69) is 11.1 Å². The Balaban J connectivity index is 1.34. The van der Waals surface area contributed by atoms with Crippen molar-refractivity contribution < 1.29 is 28.8 Å². The van der Waals surface area contributed by atoms with Gasteiger partial charge >= 0.3 is 0 Å². The largest absolute Gasteiger partial charge is 0.387 e. The normalized spacial score (nSPS) is 22.6. The zero-order valence-electron chi connectivity index (χ0n) is 29.5. The first kappa shape index (κ1) is 36.9. The van der Waals surface area contributed by atoms with E-state index in [1.165, 1.54) is 0 Å². The van der Waals surface area contributed by atoms with E-state index < -0.39 is 36.6 Å². The van der Waals surface area contributed by atoms with Crippen molar-refractivity contribution in [2.45, 2.75) is 95.2 Å². The Morgan fingerprint density at radius 3 is 1.65 bits per heavy atom. The number of fused-ring (bicyclic) bond motifs is 1. The van der Waals surface area contributed by atoms with Gasteiger partial charge in [0, 0.05) is 29.3 Å². The highest BCUT2D eigenvalue weighted by molar-refractivity contribution is 5.83. The van der Waals surface area contributed by atoms with Gasteiger partial charge in [0.15, 0.2) is 0 Å². The molecule has 4 N–H and O–H groups in total. The molecule has 0 spiro atoms. The highest BCUT2D eigenvalue weighted by Crippen LogP contribution is 2.37. The second-order valence-electron chi connectivity index (χ2n) is 13.3. The summed E-state index contributed by atoms with van der Waals surface area (Å²) in [6.45, 7) is 4.11. The van der Waals surface area contributed by atoms with Crippen molar-refractivity contribution in [1.82, 2.24) is 4.98 Å². The van der Waals surface area contributed by atoms with Gasteiger partial charge in [0.2, 0.25) is 0 Å². The molecule has 1 fully saturated rings. The Hall–Kier alpha value is -3.86. The Kier molecular flexibility index (Phi) is 13.8. The number of aromatic nitrogens is 1. The summed E-state index contributed by atoms with van der Waals surface area (Å²) in [5, 5.41) is 13.5. The number of aromatic amines is 1. The van der Waals surface area contributed by atoms with Crippen LogP contribution in [0.15, 0.2) is 121 Å². The zero-order chi connectivity index (χ0) is 35.3. The van der Waals surface area contributed by atoms with E-state index in [0.717, 1.165) is 58.8 Å². The first-order valence-corrected chi connectivity index (χ1v) is 18.3. The van der Waals surface area contributed by atoms with Gasteiger partial charge in [0.25, 0.3) is 0 Å². The van der Waals surface area contributed by atoms with Crippen molar-refractivity contribution >= 4 is 10.9 Å². The van der Waals surface area contributed by atoms with Crippen LogP contribution in [0.25, 0.3) is 10.9 Å². The van der Waals surface area contributed by atoms with Crippen LogP contribution in [0.1, 0.15) is 61.0 Å². The fourth-order valence-corrected chi connectivity index (χ4v) is 6.92. The molecule has 0 amide bonds. The predicted molar refractivity (Wildman–Crippen MR) is 200 cm³/mol. The Morgan fingerprint density at radius 1 is 0.588 bits per heavy atom. The van der Waals surface area contributed by atoms with Crippen molar-refractivity contribution in [2.24, 2.45) is 5.73 Å². The molecule has 1 aromatic heterocycles. The fraction of sp³-hybridized carbons (Fsp3) is 0.395. The van der Waals surface area contributed by atoms with E-state index >= 15 is 0 Å². The number of nitrogens with one attached hydrogen (secondary N) is 1. The van der Waals surface area contributed by atoms with E-state index in [1.54, 1.807) is 0 Å². The molecule has 7 unspecified atom stereocenters. The van der Waals surface area contributed by atoms with Gasteiger partial charge in [-0.3, -0.25) is 0 Å². The SMILES string of the molecule is CC(OC1C(O)C(OCCCCCCN)C(OCc2ccccc2)C(OCc2ccccc2)C1OCc1ccccc1)c1c[nH]c2ccccc12. The molecule has 5 aromatic rings. The summed E-state index contributed by atoms with van der Waals surface area (Å²) in [6, 6.07) is 38.3. The van der Waals surface area contributed by atoms with Crippen LogP contribution in [0.2, 0.25) is 0 Å². The van der Waals surface area contributed by atoms with Gasteiger partial charge in [-0.1, -0.05) is 122 Å². The Bertz CT molecular complexity index is 1700. The van der Waals surface area contributed by atoms with E-state index in [9.17, 15) is 5.11 Å². The van der Waals surface area contributed by atoms with E-state index in [0.29, 0.717) is 33.0 Å². The highest BCUT2D eigenvalue weighted by atomic mass is 16.6. The van der Waals surface area contributed by atoms with Gasteiger partial charge in [-0.25, -0.2) is 0 Å². The van der Waals surface area contributed by atoms with Crippen molar-refractivity contribution in [3.05, 3.63) is 144 Å². The number of benzene rings is 4. The summed E-state index contributed by atoms with van der Waals surface area (Å²) in [6.07, 6.45) is 0.866. The van der Waals surface area contributed by atoms with Crippen LogP contribution in [0.4, 0.5) is 0 Å². The monoisotopic (exact) mass is 692 g/mol. The third-order valence-corrected chi connectivity index (χ3v) is 9.65. The first-order chi connectivity index (χ1) is 25.1. The molecule has 1 aliphatic rings. The van der Waals surface area contributed by atoms with Crippen LogP contribution in [0.3, 0.4) is 0 Å². The number of unbranched alkanes of at least 4 members (excludes halogenated alkanes) is 3. The highest BCUT2D eigenvalue weighted by Gasteiger charge is 2.54. The zero-order valence-corrected chi connectivity index (χ0v) is 29.5. The van der Waals surface area contributed by atoms with Crippen molar-refractivity contribution in [3.63, 3.8) is 0 Å². The standard InChI is InChI=1S/C43H52N2O6/c1-31(36-27-45-37-24-14-13-23-35(36)37)51-40-38(46)39(47-26-16-3-2-15-25-44)41(48-28-32-17-7-4-8-18-32)43(50-30-34-21-11-6-12-22-34)42(40)49-29-33-19-9-5-10-20-33/h4-14,17-24,27,31,38-43,45-46H,2-3,15-16,25-26,28-30,44H2,1H3. The average Bonchev–Trinajstić information content (AvgIpc) is 3.61. The van der Waals surface area contributed by atoms with E-state index in [4.69, 9.17) is 29.4 Å². The topological polar surface area (TPSA) is 108 Å². The molecular formula is C43H52N2O6. The van der Waals surface area contributed by atoms with Gasteiger partial charge in [-0.15, -0.1) is 0 Å². The summed E-state index contributed by atoms with van der Waals surface area (Å²) in [4.78, 5) is 3.37. The average molecular weight is 693 g/mol. The Labute approximate surface area is 301 Å². The fourth-order valence-electron chi connectivity index (χ4n) is 6.92. The van der Waals surface area contributed by atoms with Gasteiger partial charge in [-0.2, -0.15) is 0 Å². The van der Waals surface area contributed by atoms with Gasteiger partial charge in [0.1, 0.15) is 36.6 Å². The minimum Gasteiger partial charge on any atom is -0.387 e. The van der Waals surface area contributed by atoms with Crippen molar-refractivity contribution in [1.29, 1.82) is 0 Å². The number of aliphatic hydroxyl groups is 1. The first-order valence-electron chi connectivity index (χ1n) is 18.3.